The van der Waals surface area contributed by atoms with Crippen molar-refractivity contribution in [3.8, 4) is 0 Å². The van der Waals surface area contributed by atoms with Gasteiger partial charge in [0.15, 0.2) is 0 Å². The van der Waals surface area contributed by atoms with E-state index in [1.807, 2.05) is 30.3 Å². The van der Waals surface area contributed by atoms with Gasteiger partial charge in [-0.1, -0.05) is 29.8 Å². The number of rotatable bonds is 3. The minimum absolute atomic E-state index is 0.000633. The van der Waals surface area contributed by atoms with E-state index in [0.29, 0.717) is 23.6 Å². The highest BCUT2D eigenvalue weighted by molar-refractivity contribution is 6.30. The van der Waals surface area contributed by atoms with Gasteiger partial charge in [-0.25, -0.2) is 0 Å². The summed E-state index contributed by atoms with van der Waals surface area (Å²) in [4.78, 5) is 25.9. The number of carbonyl (C=O) groups is 2. The van der Waals surface area contributed by atoms with Gasteiger partial charge >= 0.3 is 0 Å². The van der Waals surface area contributed by atoms with Crippen molar-refractivity contribution in [1.82, 2.24) is 5.32 Å². The van der Waals surface area contributed by atoms with Gasteiger partial charge in [-0.15, -0.1) is 0 Å². The van der Waals surface area contributed by atoms with Crippen LogP contribution in [0.4, 0.5) is 5.69 Å². The van der Waals surface area contributed by atoms with Gasteiger partial charge in [0.25, 0.3) is 5.91 Å². The number of hydrogen-bond acceptors (Lipinski definition) is 2. The number of hydrogen-bond donors (Lipinski definition) is 1. The zero-order chi connectivity index (χ0) is 15.5. The third-order valence-electron chi connectivity index (χ3n) is 3.63. The molecule has 0 unspecified atom stereocenters. The second kappa shape index (κ2) is 6.20. The topological polar surface area (TPSA) is 49.4 Å². The van der Waals surface area contributed by atoms with E-state index in [-0.39, 0.29) is 17.9 Å². The zero-order valence-electron chi connectivity index (χ0n) is 11.8. The number of anilines is 1. The molecular formula is C17H15ClN2O2. The average molecular weight is 315 g/mol. The Morgan fingerprint density at radius 3 is 2.45 bits per heavy atom. The molecule has 1 aliphatic rings. The summed E-state index contributed by atoms with van der Waals surface area (Å²) in [6.45, 7) is 0.471. The van der Waals surface area contributed by atoms with Crippen LogP contribution < -0.4 is 10.2 Å². The summed E-state index contributed by atoms with van der Waals surface area (Å²) in [5, 5.41) is 3.54. The van der Waals surface area contributed by atoms with Gasteiger partial charge in [0.1, 0.15) is 0 Å². The Kier molecular flexibility index (Phi) is 4.11. The molecular weight excluding hydrogens is 300 g/mol. The molecule has 2 aromatic carbocycles. The maximum Gasteiger partial charge on any atom is 0.251 e. The predicted molar refractivity (Wildman–Crippen MR) is 86.1 cm³/mol. The number of nitrogens with zero attached hydrogens (tertiary/aromatic N) is 1. The lowest BCUT2D eigenvalue weighted by Gasteiger charge is -2.17. The monoisotopic (exact) mass is 314 g/mol. The van der Waals surface area contributed by atoms with Crippen molar-refractivity contribution in [1.29, 1.82) is 0 Å². The first kappa shape index (κ1) is 14.6. The highest BCUT2D eigenvalue weighted by Gasteiger charge is 2.31. The van der Waals surface area contributed by atoms with Crippen LogP contribution in [0.3, 0.4) is 0 Å². The van der Waals surface area contributed by atoms with E-state index >= 15 is 0 Å². The summed E-state index contributed by atoms with van der Waals surface area (Å²) in [5.41, 5.74) is 1.39. The maximum atomic E-state index is 12.1. The molecule has 1 atom stereocenters. The van der Waals surface area contributed by atoms with E-state index in [1.165, 1.54) is 0 Å². The lowest BCUT2D eigenvalue weighted by atomic mass is 10.2. The molecule has 1 fully saturated rings. The van der Waals surface area contributed by atoms with Crippen molar-refractivity contribution in [2.45, 2.75) is 12.5 Å². The molecule has 1 aliphatic heterocycles. The molecule has 112 valence electrons. The molecule has 0 radical (unpaired) electrons. The molecule has 0 saturated carbocycles. The molecule has 1 saturated heterocycles. The van der Waals surface area contributed by atoms with Gasteiger partial charge in [-0.2, -0.15) is 0 Å². The van der Waals surface area contributed by atoms with Crippen molar-refractivity contribution in [2.75, 3.05) is 11.4 Å². The molecule has 1 N–H and O–H groups in total. The molecule has 0 spiro atoms. The number of benzene rings is 2. The fourth-order valence-corrected chi connectivity index (χ4v) is 2.66. The van der Waals surface area contributed by atoms with Crippen LogP contribution in [0.2, 0.25) is 5.02 Å². The fraction of sp³-hybridized carbons (Fsp3) is 0.176. The molecule has 1 heterocycles. The van der Waals surface area contributed by atoms with Crippen LogP contribution in [0, 0.1) is 0 Å². The molecule has 0 aromatic heterocycles. The molecule has 22 heavy (non-hydrogen) atoms. The van der Waals surface area contributed by atoms with Crippen molar-refractivity contribution in [3.05, 3.63) is 65.2 Å². The highest BCUT2D eigenvalue weighted by Crippen LogP contribution is 2.23. The fourth-order valence-electron chi connectivity index (χ4n) is 2.53. The molecule has 4 nitrogen and oxygen atoms in total. The second-order valence-corrected chi connectivity index (χ2v) is 5.66. The maximum absolute atomic E-state index is 12.1. The van der Waals surface area contributed by atoms with Gasteiger partial charge in [0, 0.05) is 29.2 Å². The minimum Gasteiger partial charge on any atom is -0.347 e. The number of amides is 2. The molecule has 0 bridgehead atoms. The van der Waals surface area contributed by atoms with Crippen LogP contribution in [-0.2, 0) is 4.79 Å². The first-order valence-electron chi connectivity index (χ1n) is 7.05. The number of carbonyl (C=O) groups excluding carboxylic acids is 2. The lowest BCUT2D eigenvalue weighted by Crippen LogP contribution is -2.37. The summed E-state index contributed by atoms with van der Waals surface area (Å²) in [5.74, 6) is -0.156. The van der Waals surface area contributed by atoms with E-state index in [9.17, 15) is 9.59 Å². The third-order valence-corrected chi connectivity index (χ3v) is 3.89. The van der Waals surface area contributed by atoms with E-state index in [2.05, 4.69) is 5.32 Å². The van der Waals surface area contributed by atoms with Crippen molar-refractivity contribution in [2.24, 2.45) is 0 Å². The first-order chi connectivity index (χ1) is 10.6. The smallest absolute Gasteiger partial charge is 0.251 e. The van der Waals surface area contributed by atoms with Crippen LogP contribution in [0.15, 0.2) is 54.6 Å². The highest BCUT2D eigenvalue weighted by atomic mass is 35.5. The van der Waals surface area contributed by atoms with Gasteiger partial charge in [-0.3, -0.25) is 9.59 Å². The summed E-state index contributed by atoms with van der Waals surface area (Å²) in [7, 11) is 0. The van der Waals surface area contributed by atoms with Crippen molar-refractivity contribution >= 4 is 29.1 Å². The van der Waals surface area contributed by atoms with E-state index < -0.39 is 0 Å². The van der Waals surface area contributed by atoms with E-state index in [4.69, 9.17) is 11.6 Å². The second-order valence-electron chi connectivity index (χ2n) is 5.22. The third kappa shape index (κ3) is 3.12. The quantitative estimate of drug-likeness (QED) is 0.947. The Labute approximate surface area is 133 Å². The van der Waals surface area contributed by atoms with Crippen LogP contribution in [0.5, 0.6) is 0 Å². The SMILES string of the molecule is O=C(N[C@@H]1CC(=O)N(c2ccc(Cl)cc2)C1)c1ccccc1. The number of nitrogens with one attached hydrogen (secondary N) is 1. The zero-order valence-corrected chi connectivity index (χ0v) is 12.6. The first-order valence-corrected chi connectivity index (χ1v) is 7.43. The van der Waals surface area contributed by atoms with Gasteiger partial charge in [-0.05, 0) is 36.4 Å². The van der Waals surface area contributed by atoms with Gasteiger partial charge in [0.2, 0.25) is 5.91 Å². The van der Waals surface area contributed by atoms with Crippen LogP contribution in [0.1, 0.15) is 16.8 Å². The van der Waals surface area contributed by atoms with Crippen LogP contribution in [0.25, 0.3) is 0 Å². The molecule has 2 aromatic rings. The predicted octanol–water partition coefficient (Wildman–Crippen LogP) is 2.88. The Morgan fingerprint density at radius 2 is 1.77 bits per heavy atom. The van der Waals surface area contributed by atoms with E-state index in [1.54, 1.807) is 29.2 Å². The largest absolute Gasteiger partial charge is 0.347 e. The van der Waals surface area contributed by atoms with Crippen molar-refractivity contribution in [3.63, 3.8) is 0 Å². The van der Waals surface area contributed by atoms with Crippen molar-refractivity contribution < 1.29 is 9.59 Å². The molecule has 2 amide bonds. The molecule has 3 rings (SSSR count). The summed E-state index contributed by atoms with van der Waals surface area (Å²) < 4.78 is 0. The molecule has 0 aliphatic carbocycles. The standard InChI is InChI=1S/C17H15ClN2O2/c18-13-6-8-15(9-7-13)20-11-14(10-16(20)21)19-17(22)12-4-2-1-3-5-12/h1-9,14H,10-11H2,(H,19,22)/t14-/m1/s1. The normalized spacial score (nSPS) is 17.6. The summed E-state index contributed by atoms with van der Waals surface area (Å²) in [6, 6.07) is 15.9. The van der Waals surface area contributed by atoms with Gasteiger partial charge in [0.05, 0.1) is 6.04 Å². The average Bonchev–Trinajstić information content (AvgIpc) is 2.89. The molecule has 5 heteroatoms. The van der Waals surface area contributed by atoms with Gasteiger partial charge < -0.3 is 10.2 Å². The van der Waals surface area contributed by atoms with E-state index in [0.717, 1.165) is 5.69 Å². The lowest BCUT2D eigenvalue weighted by molar-refractivity contribution is -0.117. The minimum atomic E-state index is -0.184. The summed E-state index contributed by atoms with van der Waals surface area (Å²) in [6.07, 6.45) is 0.307. The number of halogens is 1. The Bertz CT molecular complexity index is 686. The summed E-state index contributed by atoms with van der Waals surface area (Å²) >= 11 is 5.86. The van der Waals surface area contributed by atoms with Crippen LogP contribution >= 0.6 is 11.6 Å². The van der Waals surface area contributed by atoms with Crippen LogP contribution in [-0.4, -0.2) is 24.4 Å². The Morgan fingerprint density at radius 1 is 1.09 bits per heavy atom. The Balaban J connectivity index is 1.67. The Hall–Kier alpha value is -2.33.